The van der Waals surface area contributed by atoms with Gasteiger partial charge in [-0.25, -0.2) is 9.97 Å². The smallest absolute Gasteiger partial charge is 0.146 e. The summed E-state index contributed by atoms with van der Waals surface area (Å²) < 4.78 is 0.808. The van der Waals surface area contributed by atoms with E-state index < -0.39 is 0 Å². The van der Waals surface area contributed by atoms with E-state index in [1.165, 1.54) is 6.33 Å². The van der Waals surface area contributed by atoms with Crippen LogP contribution in [-0.2, 0) is 0 Å². The van der Waals surface area contributed by atoms with Crippen molar-refractivity contribution >= 4 is 27.6 Å². The van der Waals surface area contributed by atoms with Crippen LogP contribution in [0.25, 0.3) is 0 Å². The molecule has 1 aliphatic carbocycles. The predicted molar refractivity (Wildman–Crippen MR) is 71.2 cm³/mol. The van der Waals surface area contributed by atoms with Gasteiger partial charge in [0.05, 0.1) is 12.1 Å². The molecule has 2 rings (SSSR count). The Balaban J connectivity index is 2.23. The molecule has 0 spiro atoms. The van der Waals surface area contributed by atoms with Crippen molar-refractivity contribution in [3.05, 3.63) is 10.8 Å². The highest BCUT2D eigenvalue weighted by Crippen LogP contribution is 2.35. The number of anilines is 2. The summed E-state index contributed by atoms with van der Waals surface area (Å²) in [4.78, 5) is 8.33. The highest BCUT2D eigenvalue weighted by atomic mass is 79.9. The van der Waals surface area contributed by atoms with Crippen molar-refractivity contribution in [2.75, 3.05) is 24.3 Å². The minimum atomic E-state index is -0.220. The Bertz CT molecular complexity index is 393. The Morgan fingerprint density at radius 1 is 1.35 bits per heavy atom. The molecular formula is C11H17BrN4O. The van der Waals surface area contributed by atoms with Crippen molar-refractivity contribution in [2.24, 2.45) is 0 Å². The van der Waals surface area contributed by atoms with Gasteiger partial charge in [-0.15, -0.1) is 0 Å². The number of hydrogen-bond acceptors (Lipinski definition) is 5. The van der Waals surface area contributed by atoms with Crippen LogP contribution >= 0.6 is 15.9 Å². The Kier molecular flexibility index (Phi) is 3.83. The zero-order chi connectivity index (χ0) is 12.3. The standard InChI is InChI=1S/C11H17BrN4O/c1-13-9-8(12)10(15-7-14-9)16-11(6-17)4-2-3-5-11/h7,17H,2-6H2,1H3,(H2,13,14,15,16). The highest BCUT2D eigenvalue weighted by Gasteiger charge is 2.34. The summed E-state index contributed by atoms with van der Waals surface area (Å²) in [6.07, 6.45) is 5.77. The molecule has 1 aromatic rings. The molecular weight excluding hydrogens is 284 g/mol. The fourth-order valence-corrected chi connectivity index (χ4v) is 2.76. The monoisotopic (exact) mass is 300 g/mol. The van der Waals surface area contributed by atoms with Gasteiger partial charge >= 0.3 is 0 Å². The fourth-order valence-electron chi connectivity index (χ4n) is 2.26. The van der Waals surface area contributed by atoms with E-state index in [2.05, 4.69) is 36.5 Å². The van der Waals surface area contributed by atoms with Crippen molar-refractivity contribution in [2.45, 2.75) is 31.2 Å². The zero-order valence-corrected chi connectivity index (χ0v) is 11.4. The van der Waals surface area contributed by atoms with E-state index in [9.17, 15) is 5.11 Å². The summed E-state index contributed by atoms with van der Waals surface area (Å²) in [7, 11) is 1.81. The van der Waals surface area contributed by atoms with E-state index in [4.69, 9.17) is 0 Å². The molecule has 17 heavy (non-hydrogen) atoms. The van der Waals surface area contributed by atoms with E-state index in [1.807, 2.05) is 7.05 Å². The van der Waals surface area contributed by atoms with Crippen molar-refractivity contribution in [1.29, 1.82) is 0 Å². The van der Waals surface area contributed by atoms with Crippen LogP contribution in [0.2, 0.25) is 0 Å². The quantitative estimate of drug-likeness (QED) is 0.793. The number of hydrogen-bond donors (Lipinski definition) is 3. The van der Waals surface area contributed by atoms with Crippen molar-refractivity contribution in [3.63, 3.8) is 0 Å². The molecule has 3 N–H and O–H groups in total. The molecule has 0 aliphatic heterocycles. The molecule has 0 unspecified atom stereocenters. The minimum absolute atomic E-state index is 0.137. The third kappa shape index (κ3) is 2.52. The van der Waals surface area contributed by atoms with Gasteiger partial charge in [0.15, 0.2) is 0 Å². The lowest BCUT2D eigenvalue weighted by molar-refractivity contribution is 0.213. The second-order valence-corrected chi connectivity index (χ2v) is 5.20. The van der Waals surface area contributed by atoms with E-state index in [-0.39, 0.29) is 12.1 Å². The van der Waals surface area contributed by atoms with Gasteiger partial charge in [0.2, 0.25) is 0 Å². The summed E-state index contributed by atoms with van der Waals surface area (Å²) >= 11 is 3.47. The molecule has 1 fully saturated rings. The number of rotatable bonds is 4. The summed E-state index contributed by atoms with van der Waals surface area (Å²) in [6, 6.07) is 0. The Morgan fingerprint density at radius 2 is 2.00 bits per heavy atom. The SMILES string of the molecule is CNc1ncnc(NC2(CO)CCCC2)c1Br. The van der Waals surface area contributed by atoms with Crippen LogP contribution in [0.1, 0.15) is 25.7 Å². The zero-order valence-electron chi connectivity index (χ0n) is 9.83. The first kappa shape index (κ1) is 12.6. The van der Waals surface area contributed by atoms with Gasteiger partial charge in [-0.05, 0) is 28.8 Å². The van der Waals surface area contributed by atoms with Gasteiger partial charge in [-0.3, -0.25) is 0 Å². The predicted octanol–water partition coefficient (Wildman–Crippen LogP) is 2.00. The highest BCUT2D eigenvalue weighted by molar-refractivity contribution is 9.10. The average Bonchev–Trinajstić information content (AvgIpc) is 2.81. The van der Waals surface area contributed by atoms with Crippen LogP contribution in [0, 0.1) is 0 Å². The Labute approximate surface area is 109 Å². The molecule has 1 aliphatic rings. The molecule has 1 heterocycles. The first-order valence-electron chi connectivity index (χ1n) is 5.78. The summed E-state index contributed by atoms with van der Waals surface area (Å²) in [6.45, 7) is 0.137. The lowest BCUT2D eigenvalue weighted by atomic mass is 9.99. The minimum Gasteiger partial charge on any atom is -0.394 e. The molecule has 0 amide bonds. The number of aliphatic hydroxyl groups is 1. The van der Waals surface area contributed by atoms with Crippen LogP contribution in [-0.4, -0.2) is 34.3 Å². The van der Waals surface area contributed by atoms with Gasteiger partial charge in [-0.1, -0.05) is 12.8 Å². The third-order valence-corrected chi connectivity index (χ3v) is 4.02. The topological polar surface area (TPSA) is 70.1 Å². The molecule has 0 aromatic carbocycles. The molecule has 6 heteroatoms. The van der Waals surface area contributed by atoms with Crippen LogP contribution in [0.4, 0.5) is 11.6 Å². The molecule has 0 radical (unpaired) electrons. The maximum absolute atomic E-state index is 9.56. The summed E-state index contributed by atoms with van der Waals surface area (Å²) in [5, 5.41) is 15.9. The van der Waals surface area contributed by atoms with E-state index in [1.54, 1.807) is 0 Å². The second-order valence-electron chi connectivity index (χ2n) is 4.41. The first-order valence-corrected chi connectivity index (χ1v) is 6.57. The van der Waals surface area contributed by atoms with Gasteiger partial charge in [-0.2, -0.15) is 0 Å². The Hall–Kier alpha value is -0.880. The van der Waals surface area contributed by atoms with Gasteiger partial charge in [0.25, 0.3) is 0 Å². The van der Waals surface area contributed by atoms with Crippen molar-refractivity contribution in [1.82, 2.24) is 9.97 Å². The molecule has 0 atom stereocenters. The van der Waals surface area contributed by atoms with Crippen LogP contribution < -0.4 is 10.6 Å². The van der Waals surface area contributed by atoms with Crippen LogP contribution in [0.15, 0.2) is 10.8 Å². The van der Waals surface area contributed by atoms with Crippen molar-refractivity contribution < 1.29 is 5.11 Å². The fraction of sp³-hybridized carbons (Fsp3) is 0.636. The maximum Gasteiger partial charge on any atom is 0.146 e. The largest absolute Gasteiger partial charge is 0.394 e. The molecule has 1 aromatic heterocycles. The average molecular weight is 301 g/mol. The first-order chi connectivity index (χ1) is 8.21. The lowest BCUT2D eigenvalue weighted by Crippen LogP contribution is -2.39. The summed E-state index contributed by atoms with van der Waals surface area (Å²) in [5.74, 6) is 1.48. The van der Waals surface area contributed by atoms with E-state index in [0.717, 1.165) is 41.8 Å². The summed E-state index contributed by atoms with van der Waals surface area (Å²) in [5.41, 5.74) is -0.220. The number of nitrogens with zero attached hydrogens (tertiary/aromatic N) is 2. The molecule has 1 saturated carbocycles. The number of aliphatic hydroxyl groups excluding tert-OH is 1. The van der Waals surface area contributed by atoms with Gasteiger partial charge < -0.3 is 15.7 Å². The molecule has 0 bridgehead atoms. The maximum atomic E-state index is 9.56. The molecule has 0 saturated heterocycles. The molecule has 94 valence electrons. The second kappa shape index (κ2) is 5.18. The number of halogens is 1. The molecule has 5 nitrogen and oxygen atoms in total. The number of nitrogens with one attached hydrogen (secondary N) is 2. The third-order valence-electron chi connectivity index (χ3n) is 3.27. The Morgan fingerprint density at radius 3 is 2.59 bits per heavy atom. The van der Waals surface area contributed by atoms with Crippen molar-refractivity contribution in [3.8, 4) is 0 Å². The number of aromatic nitrogens is 2. The van der Waals surface area contributed by atoms with E-state index in [0.29, 0.717) is 0 Å². The van der Waals surface area contributed by atoms with E-state index >= 15 is 0 Å². The van der Waals surface area contributed by atoms with Gasteiger partial charge in [0.1, 0.15) is 22.4 Å². The van der Waals surface area contributed by atoms with Crippen LogP contribution in [0.5, 0.6) is 0 Å². The lowest BCUT2D eigenvalue weighted by Gasteiger charge is -2.29. The van der Waals surface area contributed by atoms with Gasteiger partial charge in [0, 0.05) is 7.05 Å². The normalized spacial score (nSPS) is 18.1. The van der Waals surface area contributed by atoms with Crippen LogP contribution in [0.3, 0.4) is 0 Å².